The fourth-order valence-corrected chi connectivity index (χ4v) is 4.32. The molecule has 3 aromatic rings. The van der Waals surface area contributed by atoms with Crippen molar-refractivity contribution in [3.8, 4) is 0 Å². The molecular weight excluding hydrogens is 388 g/mol. The van der Waals surface area contributed by atoms with Gasteiger partial charge in [-0.1, -0.05) is 42.0 Å². The second-order valence-corrected chi connectivity index (χ2v) is 8.29. The van der Waals surface area contributed by atoms with Crippen molar-refractivity contribution in [2.75, 3.05) is 38.7 Å². The smallest absolute Gasteiger partial charge is 0.319 e. The Balaban J connectivity index is 1.49. The highest BCUT2D eigenvalue weighted by Gasteiger charge is 2.34. The number of hydrogen-bond acceptors (Lipinski definition) is 4. The van der Waals surface area contributed by atoms with Crippen LogP contribution >= 0.6 is 0 Å². The highest BCUT2D eigenvalue weighted by molar-refractivity contribution is 5.93. The molecule has 2 heterocycles. The van der Waals surface area contributed by atoms with Crippen LogP contribution in [0.5, 0.6) is 0 Å². The zero-order valence-corrected chi connectivity index (χ0v) is 18.4. The number of carbonyl (C=O) groups is 1. The van der Waals surface area contributed by atoms with Crippen molar-refractivity contribution in [3.63, 3.8) is 0 Å². The summed E-state index contributed by atoms with van der Waals surface area (Å²) in [5.41, 5.74) is 4.89. The van der Waals surface area contributed by atoms with Gasteiger partial charge in [0, 0.05) is 38.0 Å². The Morgan fingerprint density at radius 3 is 2.71 bits per heavy atom. The van der Waals surface area contributed by atoms with Gasteiger partial charge in [-0.15, -0.1) is 0 Å². The van der Waals surface area contributed by atoms with Gasteiger partial charge in [-0.2, -0.15) is 0 Å². The molecular formula is C25H30N4O2. The van der Waals surface area contributed by atoms with Crippen LogP contribution in [0.4, 0.5) is 10.5 Å². The lowest BCUT2D eigenvalue weighted by molar-refractivity contribution is 0.159. The van der Waals surface area contributed by atoms with Gasteiger partial charge >= 0.3 is 6.03 Å². The fourth-order valence-electron chi connectivity index (χ4n) is 4.32. The first-order valence-electron chi connectivity index (χ1n) is 10.8. The number of aryl methyl sites for hydroxylation is 2. The number of methoxy groups -OCH3 is 1. The minimum atomic E-state index is -0.198. The van der Waals surface area contributed by atoms with Crippen LogP contribution in [0.25, 0.3) is 10.9 Å². The second-order valence-electron chi connectivity index (χ2n) is 8.29. The van der Waals surface area contributed by atoms with Crippen molar-refractivity contribution in [2.45, 2.75) is 25.8 Å². The summed E-state index contributed by atoms with van der Waals surface area (Å²) in [7, 11) is 1.72. The van der Waals surface area contributed by atoms with Gasteiger partial charge in [0.1, 0.15) is 0 Å². The SMILES string of the molecule is COCCN1C[C@@H](NC(=O)Nc2cc3cc(C)ccc3nc2C)[C@H](c2ccccc2)C1. The number of rotatable bonds is 6. The number of benzene rings is 2. The number of aromatic nitrogens is 1. The molecule has 2 N–H and O–H groups in total. The Bertz CT molecular complexity index is 1050. The molecule has 1 aromatic heterocycles. The van der Waals surface area contributed by atoms with E-state index >= 15 is 0 Å². The van der Waals surface area contributed by atoms with Crippen LogP contribution in [0, 0.1) is 13.8 Å². The predicted molar refractivity (Wildman–Crippen MR) is 125 cm³/mol. The van der Waals surface area contributed by atoms with Gasteiger partial charge in [0.05, 0.1) is 29.5 Å². The number of fused-ring (bicyclic) bond motifs is 1. The number of likely N-dealkylation sites (tertiary alicyclic amines) is 1. The summed E-state index contributed by atoms with van der Waals surface area (Å²) < 4.78 is 5.25. The minimum absolute atomic E-state index is 0.0234. The van der Waals surface area contributed by atoms with Crippen LogP contribution in [0.2, 0.25) is 0 Å². The summed E-state index contributed by atoms with van der Waals surface area (Å²) in [6.45, 7) is 7.20. The Morgan fingerprint density at radius 1 is 1.13 bits per heavy atom. The van der Waals surface area contributed by atoms with E-state index in [-0.39, 0.29) is 18.0 Å². The molecule has 0 aliphatic carbocycles. The number of amides is 2. The molecule has 0 spiro atoms. The number of carbonyl (C=O) groups excluding carboxylic acids is 1. The van der Waals surface area contributed by atoms with Crippen molar-refractivity contribution in [1.82, 2.24) is 15.2 Å². The number of hydrogen-bond donors (Lipinski definition) is 2. The van der Waals surface area contributed by atoms with Crippen LogP contribution in [0.1, 0.15) is 22.7 Å². The molecule has 1 aliphatic rings. The van der Waals surface area contributed by atoms with Gasteiger partial charge < -0.3 is 15.4 Å². The number of nitrogens with zero attached hydrogens (tertiary/aromatic N) is 2. The molecule has 31 heavy (non-hydrogen) atoms. The van der Waals surface area contributed by atoms with E-state index in [1.165, 1.54) is 11.1 Å². The summed E-state index contributed by atoms with van der Waals surface area (Å²) in [4.78, 5) is 19.9. The van der Waals surface area contributed by atoms with Crippen LogP contribution in [0.3, 0.4) is 0 Å². The molecule has 0 unspecified atom stereocenters. The molecule has 162 valence electrons. The summed E-state index contributed by atoms with van der Waals surface area (Å²) >= 11 is 0. The third-order valence-electron chi connectivity index (χ3n) is 5.96. The van der Waals surface area contributed by atoms with Crippen molar-refractivity contribution in [1.29, 1.82) is 0 Å². The maximum atomic E-state index is 12.9. The molecule has 6 nitrogen and oxygen atoms in total. The summed E-state index contributed by atoms with van der Waals surface area (Å²) in [6, 6.07) is 18.4. The van der Waals surface area contributed by atoms with E-state index in [0.717, 1.165) is 41.9 Å². The maximum absolute atomic E-state index is 12.9. The highest BCUT2D eigenvalue weighted by Crippen LogP contribution is 2.28. The average Bonchev–Trinajstić information content (AvgIpc) is 3.16. The standard InChI is InChI=1S/C25H30N4O2/c1-17-9-10-22-20(13-17)14-23(18(2)26-22)27-25(30)28-24-16-29(11-12-31-3)15-21(24)19-7-5-4-6-8-19/h4-10,13-14,21,24H,11-12,15-16H2,1-3H3,(H2,27,28,30)/t21-,24+/m0/s1. The van der Waals surface area contributed by atoms with E-state index < -0.39 is 0 Å². The Hall–Kier alpha value is -2.96. The van der Waals surface area contributed by atoms with Crippen molar-refractivity contribution >= 4 is 22.6 Å². The number of anilines is 1. The summed E-state index contributed by atoms with van der Waals surface area (Å²) in [6.07, 6.45) is 0. The average molecular weight is 419 g/mol. The quantitative estimate of drug-likeness (QED) is 0.633. The van der Waals surface area contributed by atoms with Crippen LogP contribution in [0.15, 0.2) is 54.6 Å². The third-order valence-corrected chi connectivity index (χ3v) is 5.96. The van der Waals surface area contributed by atoms with Gasteiger partial charge in [-0.05, 0) is 37.6 Å². The molecule has 6 heteroatoms. The topological polar surface area (TPSA) is 66.5 Å². The first kappa shape index (κ1) is 21.3. The number of ether oxygens (including phenoxy) is 1. The predicted octanol–water partition coefficient (Wildman–Crippen LogP) is 4.09. The number of urea groups is 1. The zero-order valence-electron chi connectivity index (χ0n) is 18.4. The largest absolute Gasteiger partial charge is 0.383 e. The van der Waals surface area contributed by atoms with E-state index in [4.69, 9.17) is 4.74 Å². The molecule has 0 saturated carbocycles. The lowest BCUT2D eigenvalue weighted by atomic mass is 9.94. The van der Waals surface area contributed by atoms with Gasteiger partial charge in [0.25, 0.3) is 0 Å². The van der Waals surface area contributed by atoms with E-state index in [1.807, 2.05) is 31.2 Å². The van der Waals surface area contributed by atoms with E-state index in [1.54, 1.807) is 7.11 Å². The molecule has 1 aliphatic heterocycles. The Kier molecular flexibility index (Phi) is 6.49. The maximum Gasteiger partial charge on any atom is 0.319 e. The van der Waals surface area contributed by atoms with Crippen LogP contribution in [-0.2, 0) is 4.74 Å². The van der Waals surface area contributed by atoms with Gasteiger partial charge in [0.15, 0.2) is 0 Å². The fraction of sp³-hybridized carbons (Fsp3) is 0.360. The Morgan fingerprint density at radius 2 is 1.94 bits per heavy atom. The molecule has 2 atom stereocenters. The van der Waals surface area contributed by atoms with Crippen molar-refractivity contribution < 1.29 is 9.53 Å². The first-order chi connectivity index (χ1) is 15.0. The highest BCUT2D eigenvalue weighted by atomic mass is 16.5. The third kappa shape index (κ3) is 5.03. The minimum Gasteiger partial charge on any atom is -0.383 e. The zero-order chi connectivity index (χ0) is 21.8. The first-order valence-corrected chi connectivity index (χ1v) is 10.8. The number of nitrogens with one attached hydrogen (secondary N) is 2. The normalized spacial score (nSPS) is 18.9. The van der Waals surface area contributed by atoms with Gasteiger partial charge in [-0.25, -0.2) is 4.79 Å². The lowest BCUT2D eigenvalue weighted by Gasteiger charge is -2.21. The van der Waals surface area contributed by atoms with Crippen LogP contribution in [-0.4, -0.2) is 55.3 Å². The molecule has 2 amide bonds. The molecule has 0 bridgehead atoms. The van der Waals surface area contributed by atoms with Gasteiger partial charge in [0.2, 0.25) is 0 Å². The van der Waals surface area contributed by atoms with Crippen molar-refractivity contribution in [2.24, 2.45) is 0 Å². The monoisotopic (exact) mass is 418 g/mol. The summed E-state index contributed by atoms with van der Waals surface area (Å²) in [5.74, 6) is 0.238. The molecule has 4 rings (SSSR count). The second kappa shape index (κ2) is 9.45. The van der Waals surface area contributed by atoms with E-state index in [0.29, 0.717) is 6.61 Å². The molecule has 0 radical (unpaired) electrons. The Labute approximate surface area is 183 Å². The summed E-state index contributed by atoms with van der Waals surface area (Å²) in [5, 5.41) is 7.25. The molecule has 1 saturated heterocycles. The van der Waals surface area contributed by atoms with E-state index in [2.05, 4.69) is 57.8 Å². The lowest BCUT2D eigenvalue weighted by Crippen LogP contribution is -2.42. The van der Waals surface area contributed by atoms with Crippen LogP contribution < -0.4 is 10.6 Å². The van der Waals surface area contributed by atoms with Crippen molar-refractivity contribution in [3.05, 3.63) is 71.4 Å². The van der Waals surface area contributed by atoms with Gasteiger partial charge in [-0.3, -0.25) is 9.88 Å². The molecule has 1 fully saturated rings. The van der Waals surface area contributed by atoms with E-state index in [9.17, 15) is 4.79 Å². The number of pyridine rings is 1. The molecule has 2 aromatic carbocycles.